The van der Waals surface area contributed by atoms with Crippen LogP contribution in [-0.2, 0) is 16.1 Å². The van der Waals surface area contributed by atoms with Gasteiger partial charge in [-0.2, -0.15) is 0 Å². The lowest BCUT2D eigenvalue weighted by molar-refractivity contribution is -0.712. The van der Waals surface area contributed by atoms with Crippen LogP contribution in [0.4, 0.5) is 0 Å². The first-order chi connectivity index (χ1) is 11.0. The summed E-state index contributed by atoms with van der Waals surface area (Å²) in [5.41, 5.74) is 6.10. The Hall–Kier alpha value is -1.93. The normalized spacial score (nSPS) is 15.9. The van der Waals surface area contributed by atoms with E-state index in [2.05, 4.69) is 9.82 Å². The summed E-state index contributed by atoms with van der Waals surface area (Å²) in [4.78, 5) is 30.5. The average molecular weight is 360 g/mol. The van der Waals surface area contributed by atoms with Crippen molar-refractivity contribution in [3.63, 3.8) is 0 Å². The number of hydrogen-bond donors (Lipinski definition) is 1. The highest BCUT2D eigenvalue weighted by Crippen LogP contribution is 2.38. The van der Waals surface area contributed by atoms with Crippen LogP contribution in [-0.4, -0.2) is 22.6 Å². The van der Waals surface area contributed by atoms with Crippen LogP contribution < -0.4 is 10.6 Å². The molecule has 8 nitrogen and oxygen atoms in total. The number of halogens is 1. The molecule has 0 aliphatic heterocycles. The van der Waals surface area contributed by atoms with Crippen molar-refractivity contribution < 1.29 is 19.5 Å². The quantitative estimate of drug-likeness (QED) is 0.451. The molecule has 0 unspecified atom stereocenters. The highest BCUT2D eigenvalue weighted by Gasteiger charge is 2.33. The van der Waals surface area contributed by atoms with Gasteiger partial charge < -0.3 is 10.5 Å². The minimum absolute atomic E-state index is 0. The topological polar surface area (TPSA) is 118 Å². The van der Waals surface area contributed by atoms with Gasteiger partial charge in [-0.25, -0.2) is 4.98 Å². The monoisotopic (exact) mass is 359 g/mol. The van der Waals surface area contributed by atoms with Gasteiger partial charge in [0.1, 0.15) is 6.61 Å². The number of carbonyl (C=O) groups excluding carboxylic acids is 1. The molecule has 0 atom stereocenters. The van der Waals surface area contributed by atoms with E-state index < -0.39 is 5.09 Å². The summed E-state index contributed by atoms with van der Waals surface area (Å²) in [5, 5.41) is 9.34. The lowest BCUT2D eigenvalue weighted by atomic mass is 9.72. The Kier molecular flexibility index (Phi) is 7.87. The number of rotatable bonds is 7. The molecule has 24 heavy (non-hydrogen) atoms. The largest absolute Gasteiger partial charge is 0.459 e. The molecule has 0 amide bonds. The zero-order valence-corrected chi connectivity index (χ0v) is 14.1. The van der Waals surface area contributed by atoms with Crippen LogP contribution in [0.15, 0.2) is 18.2 Å². The smallest absolute Gasteiger partial charge is 0.306 e. The van der Waals surface area contributed by atoms with E-state index in [-0.39, 0.29) is 36.3 Å². The molecule has 1 aliphatic rings. The van der Waals surface area contributed by atoms with Gasteiger partial charge in [0.15, 0.2) is 0 Å². The molecule has 1 aromatic heterocycles. The van der Waals surface area contributed by atoms with Gasteiger partial charge in [0.25, 0.3) is 0 Å². The lowest BCUT2D eigenvalue weighted by Gasteiger charge is -2.35. The Morgan fingerprint density at radius 3 is 2.67 bits per heavy atom. The van der Waals surface area contributed by atoms with Crippen LogP contribution in [0.3, 0.4) is 0 Å². The third kappa shape index (κ3) is 5.93. The average Bonchev–Trinajstić information content (AvgIpc) is 2.53. The number of nitrogens with two attached hydrogens (primary N) is 1. The highest BCUT2D eigenvalue weighted by atomic mass is 35.5. The van der Waals surface area contributed by atoms with Gasteiger partial charge in [-0.3, -0.25) is 9.63 Å². The van der Waals surface area contributed by atoms with Crippen LogP contribution >= 0.6 is 12.4 Å². The third-order valence-corrected chi connectivity index (χ3v) is 4.20. The number of aromatic nitrogens is 1. The molecular weight excluding hydrogens is 338 g/mol. The van der Waals surface area contributed by atoms with Gasteiger partial charge in [-0.15, -0.1) is 22.5 Å². The molecule has 1 aliphatic carbocycles. The summed E-state index contributed by atoms with van der Waals surface area (Å²) >= 11 is 0. The highest BCUT2D eigenvalue weighted by molar-refractivity contribution is 5.85. The maximum absolute atomic E-state index is 12.1. The summed E-state index contributed by atoms with van der Waals surface area (Å²) in [6, 6.07) is 4.52. The van der Waals surface area contributed by atoms with E-state index in [0.29, 0.717) is 18.7 Å². The molecule has 1 heterocycles. The zero-order chi connectivity index (χ0) is 16.7. The molecule has 1 fully saturated rings. The summed E-state index contributed by atoms with van der Waals surface area (Å²) in [6.07, 6.45) is 5.56. The second-order valence-corrected chi connectivity index (χ2v) is 5.88. The molecule has 2 rings (SSSR count). The zero-order valence-electron chi connectivity index (χ0n) is 13.3. The van der Waals surface area contributed by atoms with E-state index in [1.54, 1.807) is 12.1 Å². The van der Waals surface area contributed by atoms with Crippen molar-refractivity contribution in [2.24, 2.45) is 11.1 Å². The van der Waals surface area contributed by atoms with Crippen molar-refractivity contribution in [1.29, 1.82) is 0 Å². The molecule has 0 bridgehead atoms. The predicted octanol–water partition coefficient (Wildman–Crippen LogP) is 2.42. The fourth-order valence-corrected chi connectivity index (χ4v) is 2.93. The molecule has 0 saturated heterocycles. The fraction of sp³-hybridized carbons (Fsp3) is 0.600. The molecule has 9 heteroatoms. The Balaban J connectivity index is 0.00000288. The van der Waals surface area contributed by atoms with Crippen LogP contribution in [0.2, 0.25) is 0 Å². The summed E-state index contributed by atoms with van der Waals surface area (Å²) < 4.78 is 5.24. The maximum Gasteiger partial charge on any atom is 0.306 e. The Bertz CT molecular complexity index is 564. The first-order valence-corrected chi connectivity index (χ1v) is 7.67. The van der Waals surface area contributed by atoms with E-state index in [1.807, 2.05) is 0 Å². The molecule has 1 saturated carbocycles. The third-order valence-electron chi connectivity index (χ3n) is 4.20. The van der Waals surface area contributed by atoms with Gasteiger partial charge in [0.2, 0.25) is 5.88 Å². The van der Waals surface area contributed by atoms with Crippen molar-refractivity contribution in [3.05, 3.63) is 34.0 Å². The second-order valence-electron chi connectivity index (χ2n) is 5.88. The number of hydrogen-bond acceptors (Lipinski definition) is 7. The van der Waals surface area contributed by atoms with Crippen LogP contribution in [0.25, 0.3) is 0 Å². The van der Waals surface area contributed by atoms with E-state index in [9.17, 15) is 14.9 Å². The molecule has 134 valence electrons. The minimum atomic E-state index is -0.938. The second kappa shape index (κ2) is 9.39. The summed E-state index contributed by atoms with van der Waals surface area (Å²) in [5.74, 6) is -0.464. The summed E-state index contributed by atoms with van der Waals surface area (Å²) in [7, 11) is 0. The van der Waals surface area contributed by atoms with Crippen LogP contribution in [0.1, 0.15) is 44.2 Å². The van der Waals surface area contributed by atoms with Crippen molar-refractivity contribution in [3.8, 4) is 5.88 Å². The first kappa shape index (κ1) is 20.1. The van der Waals surface area contributed by atoms with Crippen LogP contribution in [0.5, 0.6) is 5.88 Å². The SMILES string of the molecule is Cl.NCC1(CC(=O)OCc2cccc(O[N+](=O)[O-])n2)CCCCC1. The Morgan fingerprint density at radius 1 is 1.33 bits per heavy atom. The number of nitrogens with zero attached hydrogens (tertiary/aromatic N) is 2. The lowest BCUT2D eigenvalue weighted by Crippen LogP contribution is -2.35. The maximum atomic E-state index is 12.1. The predicted molar refractivity (Wildman–Crippen MR) is 88.1 cm³/mol. The van der Waals surface area contributed by atoms with E-state index >= 15 is 0 Å². The van der Waals surface area contributed by atoms with Gasteiger partial charge >= 0.3 is 11.1 Å². The van der Waals surface area contributed by atoms with Crippen molar-refractivity contribution in [2.75, 3.05) is 6.54 Å². The van der Waals surface area contributed by atoms with Crippen LogP contribution in [0, 0.1) is 15.5 Å². The van der Waals surface area contributed by atoms with Crippen molar-refractivity contribution in [1.82, 2.24) is 4.98 Å². The van der Waals surface area contributed by atoms with E-state index in [1.165, 1.54) is 12.5 Å². The van der Waals surface area contributed by atoms with Gasteiger partial charge in [0, 0.05) is 0 Å². The molecular formula is C15H22ClN3O5. The number of carbonyl (C=O) groups is 1. The molecule has 1 aromatic rings. The standard InChI is InChI=1S/C15H21N3O5.ClH/c16-11-15(7-2-1-3-8-15)9-14(19)22-10-12-5-4-6-13(17-12)23-18(20)21;/h4-6H,1-3,7-11,16H2;1H. The number of ether oxygens (including phenoxy) is 1. The fourth-order valence-electron chi connectivity index (χ4n) is 2.93. The Labute approximate surface area is 146 Å². The van der Waals surface area contributed by atoms with Gasteiger partial charge in [-0.1, -0.05) is 25.3 Å². The van der Waals surface area contributed by atoms with Gasteiger partial charge in [-0.05, 0) is 36.9 Å². The summed E-state index contributed by atoms with van der Waals surface area (Å²) in [6.45, 7) is 0.431. The molecule has 0 radical (unpaired) electrons. The molecule has 0 aromatic carbocycles. The van der Waals surface area contributed by atoms with E-state index in [0.717, 1.165) is 25.7 Å². The molecule has 2 N–H and O–H groups in total. The molecule has 0 spiro atoms. The van der Waals surface area contributed by atoms with Gasteiger partial charge in [0.05, 0.1) is 12.1 Å². The first-order valence-electron chi connectivity index (χ1n) is 7.67. The van der Waals surface area contributed by atoms with E-state index in [4.69, 9.17) is 10.5 Å². The Morgan fingerprint density at radius 2 is 2.04 bits per heavy atom. The minimum Gasteiger partial charge on any atom is -0.459 e. The van der Waals surface area contributed by atoms with Crippen molar-refractivity contribution >= 4 is 18.4 Å². The number of pyridine rings is 1. The van der Waals surface area contributed by atoms with Crippen molar-refractivity contribution in [2.45, 2.75) is 45.1 Å². The number of esters is 1.